The van der Waals surface area contributed by atoms with Crippen LogP contribution in [0.4, 0.5) is 5.69 Å². The van der Waals surface area contributed by atoms with Crippen molar-refractivity contribution in [3.8, 4) is 5.75 Å². The zero-order valence-electron chi connectivity index (χ0n) is 17.7. The van der Waals surface area contributed by atoms with Crippen LogP contribution in [0.1, 0.15) is 25.0 Å². The monoisotopic (exact) mass is 472 g/mol. The second-order valence-electron chi connectivity index (χ2n) is 7.39. The number of amidine groups is 1. The number of carbonyl (C=O) groups is 3. The number of benzene rings is 2. The Morgan fingerprint density at radius 1 is 1.19 bits per heavy atom. The molecule has 3 amide bonds. The highest BCUT2D eigenvalue weighted by atomic mass is 35.5. The average Bonchev–Trinajstić information content (AvgIpc) is 3.22. The van der Waals surface area contributed by atoms with Gasteiger partial charge in [-0.1, -0.05) is 29.8 Å². The van der Waals surface area contributed by atoms with E-state index in [9.17, 15) is 14.4 Å². The first-order valence-electron chi connectivity index (χ1n) is 9.90. The molecular weight excluding hydrogens is 452 g/mol. The van der Waals surface area contributed by atoms with Gasteiger partial charge >= 0.3 is 0 Å². The van der Waals surface area contributed by atoms with Gasteiger partial charge < -0.3 is 15.0 Å². The lowest BCUT2D eigenvalue weighted by Crippen LogP contribution is -2.49. The number of fused-ring (bicyclic) bond motifs is 2. The SMILES string of the molecule is CC(=O)NC1=NN(C(C)=O)[C@@]2(S1)C(=O)N(CCOc1ccc(Cl)cc1)c1c(C)cccc12. The van der Waals surface area contributed by atoms with Crippen LogP contribution in [0, 0.1) is 6.92 Å². The Morgan fingerprint density at radius 3 is 2.56 bits per heavy atom. The Morgan fingerprint density at radius 2 is 1.91 bits per heavy atom. The number of para-hydroxylation sites is 1. The molecule has 2 heterocycles. The fourth-order valence-corrected chi connectivity index (χ4v) is 5.30. The maximum absolute atomic E-state index is 13.8. The minimum atomic E-state index is -1.41. The number of hydrogen-bond donors (Lipinski definition) is 1. The molecule has 0 saturated heterocycles. The summed E-state index contributed by atoms with van der Waals surface area (Å²) in [7, 11) is 0. The van der Waals surface area contributed by atoms with Crippen LogP contribution in [0.3, 0.4) is 0 Å². The Kier molecular flexibility index (Phi) is 5.87. The normalized spacial score (nSPS) is 19.2. The molecule has 10 heteroatoms. The van der Waals surface area contributed by atoms with E-state index < -0.39 is 10.8 Å². The Balaban J connectivity index is 1.66. The number of aryl methyl sites for hydroxylation is 1. The van der Waals surface area contributed by atoms with Gasteiger partial charge in [-0.05, 0) is 48.5 Å². The van der Waals surface area contributed by atoms with Crippen LogP contribution in [0.2, 0.25) is 5.02 Å². The van der Waals surface area contributed by atoms with Crippen LogP contribution in [0.5, 0.6) is 5.75 Å². The summed E-state index contributed by atoms with van der Waals surface area (Å²) in [5.74, 6) is -0.415. The summed E-state index contributed by atoms with van der Waals surface area (Å²) in [6.45, 7) is 5.11. The lowest BCUT2D eigenvalue weighted by atomic mass is 10.0. The van der Waals surface area contributed by atoms with E-state index in [4.69, 9.17) is 16.3 Å². The van der Waals surface area contributed by atoms with Gasteiger partial charge in [-0.15, -0.1) is 5.10 Å². The first kappa shape index (κ1) is 22.2. The Hall–Kier alpha value is -3.04. The topological polar surface area (TPSA) is 91.3 Å². The van der Waals surface area contributed by atoms with Crippen molar-refractivity contribution in [1.29, 1.82) is 0 Å². The second kappa shape index (κ2) is 8.48. The number of rotatable bonds is 4. The van der Waals surface area contributed by atoms with Gasteiger partial charge in [0.2, 0.25) is 16.7 Å². The molecule has 0 saturated carbocycles. The van der Waals surface area contributed by atoms with Crippen molar-refractivity contribution < 1.29 is 19.1 Å². The third-order valence-electron chi connectivity index (χ3n) is 5.12. The molecule has 2 aliphatic heterocycles. The fraction of sp³-hybridized carbons (Fsp3) is 0.273. The van der Waals surface area contributed by atoms with Crippen LogP contribution in [-0.4, -0.2) is 41.0 Å². The van der Waals surface area contributed by atoms with Gasteiger partial charge in [-0.3, -0.25) is 14.4 Å². The molecule has 1 atom stereocenters. The molecule has 0 bridgehead atoms. The molecule has 1 spiro atoms. The Bertz CT molecular complexity index is 1140. The van der Waals surface area contributed by atoms with Crippen molar-refractivity contribution in [3.05, 3.63) is 58.6 Å². The Labute approximate surface area is 194 Å². The molecule has 8 nitrogen and oxygen atoms in total. The number of anilines is 1. The van der Waals surface area contributed by atoms with Gasteiger partial charge in [0.15, 0.2) is 5.17 Å². The lowest BCUT2D eigenvalue weighted by molar-refractivity contribution is -0.139. The standard InChI is InChI=1S/C22H21ClN4O4S/c1-13-5-4-6-18-19(13)26(11-12-31-17-9-7-16(23)8-10-17)20(30)22(18)27(15(3)29)25-21(32-22)24-14(2)28/h4-10H,11-12H2,1-3H3,(H,24,25,28)/t22-/m0/s1. The summed E-state index contributed by atoms with van der Waals surface area (Å²) < 4.78 is 5.80. The molecule has 0 aromatic heterocycles. The van der Waals surface area contributed by atoms with E-state index in [1.165, 1.54) is 13.8 Å². The first-order valence-corrected chi connectivity index (χ1v) is 11.1. The number of hydrazone groups is 1. The number of halogens is 1. The molecule has 2 aromatic carbocycles. The summed E-state index contributed by atoms with van der Waals surface area (Å²) >= 11 is 6.97. The highest BCUT2D eigenvalue weighted by molar-refractivity contribution is 8.15. The molecule has 4 rings (SSSR count). The molecule has 0 aliphatic carbocycles. The van der Waals surface area contributed by atoms with Crippen molar-refractivity contribution in [2.45, 2.75) is 25.6 Å². The van der Waals surface area contributed by atoms with Gasteiger partial charge in [0.05, 0.1) is 12.2 Å². The van der Waals surface area contributed by atoms with Gasteiger partial charge in [0.25, 0.3) is 5.91 Å². The predicted molar refractivity (Wildman–Crippen MR) is 124 cm³/mol. The quantitative estimate of drug-likeness (QED) is 0.737. The van der Waals surface area contributed by atoms with Crippen molar-refractivity contribution in [2.75, 3.05) is 18.1 Å². The van der Waals surface area contributed by atoms with Gasteiger partial charge in [-0.25, -0.2) is 0 Å². The van der Waals surface area contributed by atoms with E-state index in [1.807, 2.05) is 25.1 Å². The molecular formula is C22H21ClN4O4S. The smallest absolute Gasteiger partial charge is 0.270 e. The van der Waals surface area contributed by atoms with E-state index in [-0.39, 0.29) is 30.1 Å². The lowest BCUT2D eigenvalue weighted by Gasteiger charge is -2.29. The molecule has 0 fully saturated rings. The van der Waals surface area contributed by atoms with Crippen LogP contribution in [0.25, 0.3) is 0 Å². The molecule has 32 heavy (non-hydrogen) atoms. The first-order chi connectivity index (χ1) is 15.2. The van der Waals surface area contributed by atoms with E-state index in [1.54, 1.807) is 29.2 Å². The van der Waals surface area contributed by atoms with Crippen LogP contribution >= 0.6 is 23.4 Å². The maximum atomic E-state index is 13.8. The van der Waals surface area contributed by atoms with E-state index >= 15 is 0 Å². The molecule has 166 valence electrons. The van der Waals surface area contributed by atoms with Crippen LogP contribution in [0.15, 0.2) is 47.6 Å². The predicted octanol–water partition coefficient (Wildman–Crippen LogP) is 3.23. The van der Waals surface area contributed by atoms with Crippen LogP contribution < -0.4 is 15.0 Å². The third kappa shape index (κ3) is 3.71. The number of ether oxygens (including phenoxy) is 1. The summed E-state index contributed by atoms with van der Waals surface area (Å²) in [6, 6.07) is 12.5. The summed E-state index contributed by atoms with van der Waals surface area (Å²) in [6.07, 6.45) is 0. The third-order valence-corrected chi connectivity index (χ3v) is 6.61. The summed E-state index contributed by atoms with van der Waals surface area (Å²) in [4.78, 5) is 38.1. The van der Waals surface area contributed by atoms with E-state index in [0.717, 1.165) is 28.0 Å². The average molecular weight is 473 g/mol. The summed E-state index contributed by atoms with van der Waals surface area (Å²) in [5.41, 5.74) is 2.25. The minimum absolute atomic E-state index is 0.202. The summed E-state index contributed by atoms with van der Waals surface area (Å²) in [5, 5.41) is 8.82. The highest BCUT2D eigenvalue weighted by Crippen LogP contribution is 2.55. The zero-order valence-corrected chi connectivity index (χ0v) is 19.3. The zero-order chi connectivity index (χ0) is 23.0. The minimum Gasteiger partial charge on any atom is -0.492 e. The van der Waals surface area contributed by atoms with Crippen LogP contribution in [-0.2, 0) is 19.3 Å². The van der Waals surface area contributed by atoms with Crippen molar-refractivity contribution >= 4 is 51.9 Å². The van der Waals surface area contributed by atoms with Gasteiger partial charge in [-0.2, -0.15) is 5.01 Å². The number of hydrogen-bond acceptors (Lipinski definition) is 6. The number of nitrogens with one attached hydrogen (secondary N) is 1. The largest absolute Gasteiger partial charge is 0.492 e. The number of amides is 3. The molecule has 2 aromatic rings. The second-order valence-corrected chi connectivity index (χ2v) is 9.01. The van der Waals surface area contributed by atoms with Crippen molar-refractivity contribution in [2.24, 2.45) is 5.10 Å². The van der Waals surface area contributed by atoms with E-state index in [0.29, 0.717) is 16.3 Å². The van der Waals surface area contributed by atoms with E-state index in [2.05, 4.69) is 10.4 Å². The number of nitrogens with zero attached hydrogens (tertiary/aromatic N) is 3. The van der Waals surface area contributed by atoms with Gasteiger partial charge in [0, 0.05) is 24.4 Å². The van der Waals surface area contributed by atoms with Crippen molar-refractivity contribution in [1.82, 2.24) is 10.3 Å². The fourth-order valence-electron chi connectivity index (χ4n) is 3.85. The molecule has 0 radical (unpaired) electrons. The number of carbonyl (C=O) groups excluding carboxylic acids is 3. The number of thioether (sulfide) groups is 1. The van der Waals surface area contributed by atoms with Crippen molar-refractivity contribution in [3.63, 3.8) is 0 Å². The highest BCUT2D eigenvalue weighted by Gasteiger charge is 2.61. The molecule has 2 aliphatic rings. The maximum Gasteiger partial charge on any atom is 0.270 e. The molecule has 1 N–H and O–H groups in total. The molecule has 0 unspecified atom stereocenters. The van der Waals surface area contributed by atoms with Gasteiger partial charge in [0.1, 0.15) is 12.4 Å².